The summed E-state index contributed by atoms with van der Waals surface area (Å²) in [6.07, 6.45) is -0.433. The van der Waals surface area contributed by atoms with Crippen molar-refractivity contribution in [3.05, 3.63) is 65.7 Å². The molecule has 0 spiro atoms. The Morgan fingerprint density at radius 2 is 1.76 bits per heavy atom. The van der Waals surface area contributed by atoms with Crippen molar-refractivity contribution in [3.63, 3.8) is 0 Å². The number of benzene rings is 2. The summed E-state index contributed by atoms with van der Waals surface area (Å²) in [5, 5.41) is 4.62. The van der Waals surface area contributed by atoms with Crippen molar-refractivity contribution < 1.29 is 9.59 Å². The van der Waals surface area contributed by atoms with Crippen LogP contribution < -0.4 is 10.7 Å². The summed E-state index contributed by atoms with van der Waals surface area (Å²) in [4.78, 5) is 24.0. The van der Waals surface area contributed by atoms with Gasteiger partial charge in [0.25, 0.3) is 5.91 Å². The number of rotatable bonds is 2. The van der Waals surface area contributed by atoms with Gasteiger partial charge in [0.05, 0.1) is 5.56 Å². The van der Waals surface area contributed by atoms with Gasteiger partial charge in [0.15, 0.2) is 0 Å². The third-order valence-electron chi connectivity index (χ3n) is 3.32. The van der Waals surface area contributed by atoms with Gasteiger partial charge in [0.2, 0.25) is 5.91 Å². The Balaban J connectivity index is 2.05. The molecule has 0 fully saturated rings. The van der Waals surface area contributed by atoms with E-state index in [1.54, 1.807) is 12.1 Å². The van der Waals surface area contributed by atoms with Crippen molar-refractivity contribution in [3.8, 4) is 0 Å². The van der Waals surface area contributed by atoms with Gasteiger partial charge >= 0.3 is 0 Å². The van der Waals surface area contributed by atoms with Crippen LogP contribution in [0.15, 0.2) is 54.6 Å². The SMILES string of the molecule is CC(=O)NN1C(=O)c2ccccc2N[C@H]1c1ccccc1. The molecule has 0 saturated heterocycles. The molecule has 0 unspecified atom stereocenters. The van der Waals surface area contributed by atoms with E-state index in [0.717, 1.165) is 11.3 Å². The number of fused-ring (bicyclic) bond motifs is 1. The number of anilines is 1. The van der Waals surface area contributed by atoms with Crippen molar-refractivity contribution in [2.24, 2.45) is 0 Å². The first-order valence-corrected chi connectivity index (χ1v) is 6.68. The summed E-state index contributed by atoms with van der Waals surface area (Å²) in [5.74, 6) is -0.515. The van der Waals surface area contributed by atoms with Crippen LogP contribution in [0.2, 0.25) is 0 Å². The first kappa shape index (κ1) is 13.2. The highest BCUT2D eigenvalue weighted by Crippen LogP contribution is 2.31. The Labute approximate surface area is 122 Å². The highest BCUT2D eigenvalue weighted by atomic mass is 16.2. The second kappa shape index (κ2) is 5.28. The van der Waals surface area contributed by atoms with E-state index in [4.69, 9.17) is 0 Å². The maximum absolute atomic E-state index is 12.6. The Hall–Kier alpha value is -2.82. The number of amides is 2. The average Bonchev–Trinajstić information content (AvgIpc) is 2.50. The van der Waals surface area contributed by atoms with Crippen LogP contribution in [0.1, 0.15) is 29.0 Å². The Kier molecular flexibility index (Phi) is 3.31. The van der Waals surface area contributed by atoms with E-state index in [0.29, 0.717) is 5.56 Å². The average molecular weight is 281 g/mol. The zero-order valence-corrected chi connectivity index (χ0v) is 11.5. The monoisotopic (exact) mass is 281 g/mol. The molecule has 0 saturated carbocycles. The van der Waals surface area contributed by atoms with Gasteiger partial charge in [-0.1, -0.05) is 42.5 Å². The van der Waals surface area contributed by atoms with Crippen LogP contribution in [-0.4, -0.2) is 16.8 Å². The Bertz CT molecular complexity index is 685. The fourth-order valence-electron chi connectivity index (χ4n) is 2.41. The van der Waals surface area contributed by atoms with Gasteiger partial charge in [0.1, 0.15) is 6.17 Å². The smallest absolute Gasteiger partial charge is 0.276 e. The summed E-state index contributed by atoms with van der Waals surface area (Å²) >= 11 is 0. The molecule has 106 valence electrons. The number of hydrogen-bond acceptors (Lipinski definition) is 3. The standard InChI is InChI=1S/C16H15N3O2/c1-11(20)18-19-15(12-7-3-2-4-8-12)17-14-10-6-5-9-13(14)16(19)21/h2-10,15,17H,1H3,(H,18,20)/t15-/m1/s1. The molecule has 3 rings (SSSR count). The summed E-state index contributed by atoms with van der Waals surface area (Å²) in [5.41, 5.74) is 4.80. The highest BCUT2D eigenvalue weighted by molar-refractivity contribution is 6.02. The fourth-order valence-corrected chi connectivity index (χ4v) is 2.41. The molecule has 0 bridgehead atoms. The van der Waals surface area contributed by atoms with Crippen LogP contribution in [0.4, 0.5) is 5.69 Å². The van der Waals surface area contributed by atoms with Gasteiger partial charge in [-0.05, 0) is 17.7 Å². The van der Waals surface area contributed by atoms with Crippen LogP contribution in [0.5, 0.6) is 0 Å². The summed E-state index contributed by atoms with van der Waals surface area (Å²) in [6, 6.07) is 16.8. The third kappa shape index (κ3) is 2.45. The van der Waals surface area contributed by atoms with Gasteiger partial charge in [-0.2, -0.15) is 0 Å². The minimum Gasteiger partial charge on any atom is -0.359 e. The summed E-state index contributed by atoms with van der Waals surface area (Å²) < 4.78 is 0. The van der Waals surface area contributed by atoms with Crippen molar-refractivity contribution in [2.75, 3.05) is 5.32 Å². The molecule has 0 radical (unpaired) electrons. The highest BCUT2D eigenvalue weighted by Gasteiger charge is 2.33. The predicted molar refractivity (Wildman–Crippen MR) is 79.2 cm³/mol. The lowest BCUT2D eigenvalue weighted by Gasteiger charge is -2.37. The molecule has 2 N–H and O–H groups in total. The zero-order chi connectivity index (χ0) is 14.8. The maximum Gasteiger partial charge on any atom is 0.276 e. The molecule has 0 aliphatic carbocycles. The summed E-state index contributed by atoms with van der Waals surface area (Å²) in [6.45, 7) is 1.38. The molecule has 5 heteroatoms. The van der Waals surface area contributed by atoms with E-state index in [2.05, 4.69) is 10.7 Å². The minimum absolute atomic E-state index is 0.228. The van der Waals surface area contributed by atoms with E-state index in [1.165, 1.54) is 11.9 Å². The maximum atomic E-state index is 12.6. The van der Waals surface area contributed by atoms with E-state index < -0.39 is 6.17 Å². The van der Waals surface area contributed by atoms with E-state index in [9.17, 15) is 9.59 Å². The molecule has 2 aromatic carbocycles. The van der Waals surface area contributed by atoms with Crippen LogP contribution in [0, 0.1) is 0 Å². The van der Waals surface area contributed by atoms with Crippen LogP contribution in [0.3, 0.4) is 0 Å². The van der Waals surface area contributed by atoms with Gasteiger partial charge < -0.3 is 5.32 Å². The first-order valence-electron chi connectivity index (χ1n) is 6.68. The lowest BCUT2D eigenvalue weighted by Crippen LogP contribution is -2.52. The van der Waals surface area contributed by atoms with Gasteiger partial charge in [-0.3, -0.25) is 15.0 Å². The molecule has 5 nitrogen and oxygen atoms in total. The van der Waals surface area contributed by atoms with Gasteiger partial charge in [-0.25, -0.2) is 5.01 Å². The van der Waals surface area contributed by atoms with Gasteiger partial charge in [0, 0.05) is 12.6 Å². The van der Waals surface area contributed by atoms with Crippen molar-refractivity contribution in [2.45, 2.75) is 13.1 Å². The number of nitrogens with one attached hydrogen (secondary N) is 2. The molecule has 21 heavy (non-hydrogen) atoms. The third-order valence-corrected chi connectivity index (χ3v) is 3.32. The minimum atomic E-state index is -0.433. The largest absolute Gasteiger partial charge is 0.359 e. The Morgan fingerprint density at radius 1 is 1.10 bits per heavy atom. The van der Waals surface area contributed by atoms with Crippen LogP contribution in [-0.2, 0) is 4.79 Å². The Morgan fingerprint density at radius 3 is 2.48 bits per heavy atom. The van der Waals surface area contributed by atoms with E-state index in [1.807, 2.05) is 42.5 Å². The molecule has 0 aromatic heterocycles. The molecular formula is C16H15N3O2. The van der Waals surface area contributed by atoms with Gasteiger partial charge in [-0.15, -0.1) is 0 Å². The lowest BCUT2D eigenvalue weighted by atomic mass is 10.1. The van der Waals surface area contributed by atoms with E-state index >= 15 is 0 Å². The predicted octanol–water partition coefficient (Wildman–Crippen LogP) is 2.30. The molecular weight excluding hydrogens is 266 g/mol. The first-order chi connectivity index (χ1) is 10.2. The molecule has 1 aliphatic heterocycles. The normalized spacial score (nSPS) is 16.9. The van der Waals surface area contributed by atoms with Crippen LogP contribution >= 0.6 is 0 Å². The second-order valence-electron chi connectivity index (χ2n) is 4.85. The number of nitrogens with zero attached hydrogens (tertiary/aromatic N) is 1. The molecule has 1 aliphatic rings. The molecule has 1 heterocycles. The molecule has 2 amide bonds. The van der Waals surface area contributed by atoms with E-state index in [-0.39, 0.29) is 11.8 Å². The number of para-hydroxylation sites is 1. The number of carbonyl (C=O) groups is 2. The van der Waals surface area contributed by atoms with Crippen molar-refractivity contribution in [1.29, 1.82) is 0 Å². The number of carbonyl (C=O) groups excluding carboxylic acids is 2. The quantitative estimate of drug-likeness (QED) is 0.888. The van der Waals surface area contributed by atoms with Crippen molar-refractivity contribution in [1.82, 2.24) is 10.4 Å². The topological polar surface area (TPSA) is 61.4 Å². The number of hydrogen-bond donors (Lipinski definition) is 2. The van der Waals surface area contributed by atoms with Crippen LogP contribution in [0.25, 0.3) is 0 Å². The second-order valence-corrected chi connectivity index (χ2v) is 4.85. The summed E-state index contributed by atoms with van der Waals surface area (Å²) in [7, 11) is 0. The fraction of sp³-hybridized carbons (Fsp3) is 0.125. The lowest BCUT2D eigenvalue weighted by molar-refractivity contribution is -0.123. The number of hydrazine groups is 1. The zero-order valence-electron chi connectivity index (χ0n) is 11.5. The molecule has 1 atom stereocenters. The van der Waals surface area contributed by atoms with Crippen molar-refractivity contribution >= 4 is 17.5 Å². The molecule has 2 aromatic rings.